The molecule has 2 rings (SSSR count). The van der Waals surface area contributed by atoms with Crippen LogP contribution in [0.3, 0.4) is 0 Å². The van der Waals surface area contributed by atoms with Crippen LogP contribution < -0.4 is 0 Å². The van der Waals surface area contributed by atoms with Crippen molar-refractivity contribution in [3.63, 3.8) is 0 Å². The molecule has 1 aromatic rings. The molecular weight excluding hydrogens is 312 g/mol. The molecule has 136 valence electrons. The molecule has 0 aromatic heterocycles. The molecule has 1 aliphatic heterocycles. The van der Waals surface area contributed by atoms with Crippen LogP contribution >= 0.6 is 0 Å². The van der Waals surface area contributed by atoms with E-state index < -0.39 is 0 Å². The summed E-state index contributed by atoms with van der Waals surface area (Å²) in [4.78, 5) is 18.3. The van der Waals surface area contributed by atoms with E-state index >= 15 is 0 Å². The Kier molecular flexibility index (Phi) is 5.12. The van der Waals surface area contributed by atoms with Crippen molar-refractivity contribution in [2.45, 2.75) is 59.3 Å². The molecule has 1 N–H and O–H groups in total. The Morgan fingerprint density at radius 2 is 1.80 bits per heavy atom. The molecule has 4 nitrogen and oxygen atoms in total. The van der Waals surface area contributed by atoms with Gasteiger partial charge in [0.25, 0.3) is 5.91 Å². The normalized spacial score (nSPS) is 15.8. The Labute approximate surface area is 151 Å². The van der Waals surface area contributed by atoms with Gasteiger partial charge < -0.3 is 5.11 Å². The fourth-order valence-electron chi connectivity index (χ4n) is 2.87. The minimum absolute atomic E-state index is 0.0432. The molecule has 0 atom stereocenters. The lowest BCUT2D eigenvalue weighted by molar-refractivity contribution is -0.122. The number of hydrogen-bond acceptors (Lipinski definition) is 3. The van der Waals surface area contributed by atoms with Crippen molar-refractivity contribution >= 4 is 17.8 Å². The van der Waals surface area contributed by atoms with Crippen molar-refractivity contribution in [1.29, 1.82) is 0 Å². The molecule has 4 heteroatoms. The minimum Gasteiger partial charge on any atom is -0.507 e. The van der Waals surface area contributed by atoms with Crippen LogP contribution in [0.15, 0.2) is 23.2 Å². The van der Waals surface area contributed by atoms with Crippen LogP contribution in [0, 0.1) is 0 Å². The number of phenols is 1. The highest BCUT2D eigenvalue weighted by Crippen LogP contribution is 2.38. The number of aliphatic imine (C=N–C) groups is 1. The maximum absolute atomic E-state index is 12.4. The highest BCUT2D eigenvalue weighted by Gasteiger charge is 2.24. The van der Waals surface area contributed by atoms with Crippen molar-refractivity contribution in [2.24, 2.45) is 4.99 Å². The van der Waals surface area contributed by atoms with Crippen molar-refractivity contribution in [3.05, 3.63) is 34.9 Å². The average molecular weight is 342 g/mol. The van der Waals surface area contributed by atoms with Gasteiger partial charge in [0.15, 0.2) is 0 Å². The molecule has 1 aliphatic rings. The van der Waals surface area contributed by atoms with Gasteiger partial charge in [0.05, 0.1) is 6.54 Å². The zero-order valence-corrected chi connectivity index (χ0v) is 16.5. The van der Waals surface area contributed by atoms with Crippen molar-refractivity contribution in [3.8, 4) is 5.75 Å². The summed E-state index contributed by atoms with van der Waals surface area (Å²) < 4.78 is 0. The topological polar surface area (TPSA) is 52.9 Å². The summed E-state index contributed by atoms with van der Waals surface area (Å²) >= 11 is 0. The second-order valence-electron chi connectivity index (χ2n) is 8.71. The standard InChI is InChI=1S/C21H30N2O2/c1-14-22-10-11-23(14)18(24)9-8-15-12-16(20(2,3)4)13-17(19(15)25)21(5,6)7/h8-9,12-13,25H,10-11H2,1-7H3/b9-8+. The molecule has 0 saturated carbocycles. The number of carbonyl (C=O) groups excluding carboxylic acids is 1. The van der Waals surface area contributed by atoms with E-state index in [4.69, 9.17) is 0 Å². The Morgan fingerprint density at radius 3 is 2.28 bits per heavy atom. The molecule has 1 heterocycles. The van der Waals surface area contributed by atoms with E-state index in [1.165, 1.54) is 6.08 Å². The monoisotopic (exact) mass is 342 g/mol. The zero-order valence-electron chi connectivity index (χ0n) is 16.5. The highest BCUT2D eigenvalue weighted by atomic mass is 16.3. The first-order valence-corrected chi connectivity index (χ1v) is 8.80. The summed E-state index contributed by atoms with van der Waals surface area (Å²) in [7, 11) is 0. The van der Waals surface area contributed by atoms with Crippen LogP contribution in [0.2, 0.25) is 0 Å². The van der Waals surface area contributed by atoms with Gasteiger partial charge >= 0.3 is 0 Å². The van der Waals surface area contributed by atoms with Crippen LogP contribution in [-0.2, 0) is 15.6 Å². The number of rotatable bonds is 2. The molecule has 0 aliphatic carbocycles. The first-order chi connectivity index (χ1) is 11.4. The summed E-state index contributed by atoms with van der Waals surface area (Å²) in [5.74, 6) is 0.894. The number of phenolic OH excluding ortho intramolecular Hbond substituents is 1. The van der Waals surface area contributed by atoms with Crippen molar-refractivity contribution in [1.82, 2.24) is 4.90 Å². The van der Waals surface area contributed by atoms with Gasteiger partial charge in [-0.3, -0.25) is 14.7 Å². The zero-order chi connectivity index (χ0) is 19.0. The molecule has 0 unspecified atom stereocenters. The van der Waals surface area contributed by atoms with E-state index in [1.54, 1.807) is 11.0 Å². The Bertz CT molecular complexity index is 731. The molecule has 1 aromatic carbocycles. The van der Waals surface area contributed by atoms with E-state index in [0.29, 0.717) is 18.7 Å². The fourth-order valence-corrected chi connectivity index (χ4v) is 2.87. The Balaban J connectivity index is 2.44. The quantitative estimate of drug-likeness (QED) is 0.816. The Hall–Kier alpha value is -2.10. The summed E-state index contributed by atoms with van der Waals surface area (Å²) in [5, 5.41) is 10.7. The van der Waals surface area contributed by atoms with Crippen molar-refractivity contribution < 1.29 is 9.90 Å². The predicted octanol–water partition coefficient (Wildman–Crippen LogP) is 4.26. The number of aromatic hydroxyl groups is 1. The van der Waals surface area contributed by atoms with E-state index in [0.717, 1.165) is 17.0 Å². The summed E-state index contributed by atoms with van der Waals surface area (Å²) in [6, 6.07) is 4.05. The SMILES string of the molecule is CC1=NCCN1C(=O)/C=C/c1cc(C(C)(C)C)cc(C(C)(C)C)c1O. The third-order valence-corrected chi connectivity index (χ3v) is 4.54. The predicted molar refractivity (Wildman–Crippen MR) is 104 cm³/mol. The second kappa shape index (κ2) is 6.66. The lowest BCUT2D eigenvalue weighted by atomic mass is 9.79. The minimum atomic E-state index is -0.184. The van der Waals surface area contributed by atoms with E-state index in [1.807, 2.05) is 13.0 Å². The first kappa shape index (κ1) is 19.2. The van der Waals surface area contributed by atoms with E-state index in [2.05, 4.69) is 52.6 Å². The lowest BCUT2D eigenvalue weighted by Crippen LogP contribution is -2.31. The van der Waals surface area contributed by atoms with Crippen LogP contribution in [0.5, 0.6) is 5.75 Å². The number of amides is 1. The molecular formula is C21H30N2O2. The van der Waals surface area contributed by atoms with Gasteiger partial charge in [-0.2, -0.15) is 0 Å². The molecule has 0 radical (unpaired) electrons. The van der Waals surface area contributed by atoms with Gasteiger partial charge in [-0.25, -0.2) is 0 Å². The third-order valence-electron chi connectivity index (χ3n) is 4.54. The third kappa shape index (κ3) is 4.30. The Morgan fingerprint density at radius 1 is 1.16 bits per heavy atom. The first-order valence-electron chi connectivity index (χ1n) is 8.80. The van der Waals surface area contributed by atoms with Crippen molar-refractivity contribution in [2.75, 3.05) is 13.1 Å². The van der Waals surface area contributed by atoms with E-state index in [9.17, 15) is 9.90 Å². The average Bonchev–Trinajstić information content (AvgIpc) is 2.89. The smallest absolute Gasteiger partial charge is 0.251 e. The largest absolute Gasteiger partial charge is 0.507 e. The number of amidine groups is 1. The number of hydrogen-bond donors (Lipinski definition) is 1. The molecule has 25 heavy (non-hydrogen) atoms. The summed E-state index contributed by atoms with van der Waals surface area (Å²) in [6.07, 6.45) is 3.24. The lowest BCUT2D eigenvalue weighted by Gasteiger charge is -2.27. The van der Waals surface area contributed by atoms with Gasteiger partial charge in [0, 0.05) is 23.7 Å². The maximum atomic E-state index is 12.4. The number of carbonyl (C=O) groups is 1. The fraction of sp³-hybridized carbons (Fsp3) is 0.524. The van der Waals surface area contributed by atoms with Crippen LogP contribution in [0.25, 0.3) is 6.08 Å². The molecule has 0 bridgehead atoms. The summed E-state index contributed by atoms with van der Waals surface area (Å²) in [5.41, 5.74) is 2.49. The molecule has 1 amide bonds. The van der Waals surface area contributed by atoms with Crippen LogP contribution in [-0.4, -0.2) is 34.8 Å². The van der Waals surface area contributed by atoms with Gasteiger partial charge in [-0.15, -0.1) is 0 Å². The maximum Gasteiger partial charge on any atom is 0.251 e. The summed E-state index contributed by atoms with van der Waals surface area (Å²) in [6.45, 7) is 15.8. The second-order valence-corrected chi connectivity index (χ2v) is 8.71. The van der Waals surface area contributed by atoms with Gasteiger partial charge in [-0.1, -0.05) is 47.6 Å². The molecule has 0 fully saturated rings. The van der Waals surface area contributed by atoms with Gasteiger partial charge in [-0.05, 0) is 35.5 Å². The van der Waals surface area contributed by atoms with Gasteiger partial charge in [0.2, 0.25) is 0 Å². The number of nitrogens with zero attached hydrogens (tertiary/aromatic N) is 2. The molecule has 0 spiro atoms. The van der Waals surface area contributed by atoms with Crippen LogP contribution in [0.1, 0.15) is 65.2 Å². The van der Waals surface area contributed by atoms with Gasteiger partial charge in [0.1, 0.15) is 11.6 Å². The van der Waals surface area contributed by atoms with E-state index in [-0.39, 0.29) is 22.5 Å². The highest BCUT2D eigenvalue weighted by molar-refractivity contribution is 6.04. The van der Waals surface area contributed by atoms with Crippen LogP contribution in [0.4, 0.5) is 0 Å². The number of benzene rings is 1. The molecule has 0 saturated heterocycles.